The molecule has 0 saturated carbocycles. The van der Waals surface area contributed by atoms with E-state index in [1.54, 1.807) is 23.7 Å². The summed E-state index contributed by atoms with van der Waals surface area (Å²) in [6.07, 6.45) is 4.02. The molecule has 27 heavy (non-hydrogen) atoms. The van der Waals surface area contributed by atoms with Crippen LogP contribution in [0.5, 0.6) is 0 Å². The first-order valence-electron chi connectivity index (χ1n) is 8.70. The van der Waals surface area contributed by atoms with Gasteiger partial charge in [-0.1, -0.05) is 36.4 Å². The molecule has 0 N–H and O–H groups in total. The van der Waals surface area contributed by atoms with Crippen molar-refractivity contribution in [2.24, 2.45) is 0 Å². The van der Waals surface area contributed by atoms with Crippen LogP contribution in [0.3, 0.4) is 0 Å². The molecule has 1 amide bonds. The molecule has 2 aromatic heterocycles. The number of amides is 1. The van der Waals surface area contributed by atoms with Gasteiger partial charge in [-0.05, 0) is 36.4 Å². The summed E-state index contributed by atoms with van der Waals surface area (Å²) in [5, 5.41) is 0. The van der Waals surface area contributed by atoms with Gasteiger partial charge in [-0.25, -0.2) is 4.98 Å². The molecule has 0 saturated heterocycles. The molecule has 4 nitrogen and oxygen atoms in total. The Kier molecular flexibility index (Phi) is 4.94. The van der Waals surface area contributed by atoms with Crippen molar-refractivity contribution >= 4 is 29.0 Å². The van der Waals surface area contributed by atoms with Crippen LogP contribution in [0.1, 0.15) is 16.1 Å². The van der Waals surface area contributed by atoms with Crippen molar-refractivity contribution in [1.29, 1.82) is 0 Å². The van der Waals surface area contributed by atoms with E-state index in [2.05, 4.69) is 4.98 Å². The standard InChI is InChI=1S/C22H19N3OS/c1-24(18-9-3-2-4-10-18)22(26)19-11-5-6-12-20(19)27-16-17-15-25-14-8-7-13-21(25)23-17/h2-15H,16H2,1H3. The number of rotatable bonds is 5. The van der Waals surface area contributed by atoms with E-state index in [1.165, 1.54) is 0 Å². The number of aromatic nitrogens is 2. The molecule has 5 heteroatoms. The van der Waals surface area contributed by atoms with Gasteiger partial charge in [0.25, 0.3) is 5.91 Å². The van der Waals surface area contributed by atoms with Crippen LogP contribution in [-0.4, -0.2) is 22.3 Å². The van der Waals surface area contributed by atoms with Crippen molar-refractivity contribution in [2.45, 2.75) is 10.6 Å². The van der Waals surface area contributed by atoms with E-state index in [1.807, 2.05) is 89.6 Å². The summed E-state index contributed by atoms with van der Waals surface area (Å²) in [4.78, 5) is 20.3. The third-order valence-corrected chi connectivity index (χ3v) is 5.46. The summed E-state index contributed by atoms with van der Waals surface area (Å²) >= 11 is 1.63. The number of nitrogens with zero attached hydrogens (tertiary/aromatic N) is 3. The molecule has 0 fully saturated rings. The highest BCUT2D eigenvalue weighted by Crippen LogP contribution is 2.28. The molecule has 134 valence electrons. The SMILES string of the molecule is CN(C(=O)c1ccccc1SCc1cn2ccccc2n1)c1ccccc1. The molecular weight excluding hydrogens is 354 g/mol. The predicted molar refractivity (Wildman–Crippen MR) is 110 cm³/mol. The molecule has 0 unspecified atom stereocenters. The molecule has 0 bridgehead atoms. The van der Waals surface area contributed by atoms with Gasteiger partial charge >= 0.3 is 0 Å². The highest BCUT2D eigenvalue weighted by molar-refractivity contribution is 7.98. The number of carbonyl (C=O) groups is 1. The molecule has 0 atom stereocenters. The molecule has 2 heterocycles. The van der Waals surface area contributed by atoms with Crippen molar-refractivity contribution in [3.05, 3.63) is 96.4 Å². The second kappa shape index (κ2) is 7.68. The summed E-state index contributed by atoms with van der Waals surface area (Å²) in [5.41, 5.74) is 3.51. The second-order valence-corrected chi connectivity index (χ2v) is 7.20. The lowest BCUT2D eigenvalue weighted by molar-refractivity contribution is 0.0990. The van der Waals surface area contributed by atoms with Crippen molar-refractivity contribution < 1.29 is 4.79 Å². The average molecular weight is 373 g/mol. The first-order valence-corrected chi connectivity index (χ1v) is 9.68. The molecule has 0 radical (unpaired) electrons. The van der Waals surface area contributed by atoms with Crippen LogP contribution in [0, 0.1) is 0 Å². The number of hydrogen-bond donors (Lipinski definition) is 0. The summed E-state index contributed by atoms with van der Waals surface area (Å²) < 4.78 is 2.01. The number of fused-ring (bicyclic) bond motifs is 1. The minimum Gasteiger partial charge on any atom is -0.311 e. The van der Waals surface area contributed by atoms with Gasteiger partial charge in [0.15, 0.2) is 0 Å². The van der Waals surface area contributed by atoms with Gasteiger partial charge in [0.05, 0.1) is 11.3 Å². The van der Waals surface area contributed by atoms with Gasteiger partial charge < -0.3 is 9.30 Å². The Morgan fingerprint density at radius 1 is 1.00 bits per heavy atom. The van der Waals surface area contributed by atoms with E-state index < -0.39 is 0 Å². The zero-order chi connectivity index (χ0) is 18.6. The fourth-order valence-electron chi connectivity index (χ4n) is 2.93. The summed E-state index contributed by atoms with van der Waals surface area (Å²) in [6, 6.07) is 23.4. The fraction of sp³-hybridized carbons (Fsp3) is 0.0909. The van der Waals surface area contributed by atoms with E-state index >= 15 is 0 Å². The Morgan fingerprint density at radius 2 is 1.74 bits per heavy atom. The number of anilines is 1. The number of benzene rings is 2. The quantitative estimate of drug-likeness (QED) is 0.467. The van der Waals surface area contributed by atoms with Crippen LogP contribution < -0.4 is 4.90 Å². The van der Waals surface area contributed by atoms with Crippen LogP contribution >= 0.6 is 11.8 Å². The lowest BCUT2D eigenvalue weighted by Crippen LogP contribution is -2.26. The minimum atomic E-state index is -0.0145. The first-order chi connectivity index (χ1) is 13.2. The number of carbonyl (C=O) groups excluding carboxylic acids is 1. The van der Waals surface area contributed by atoms with Gasteiger partial charge in [-0.15, -0.1) is 11.8 Å². The van der Waals surface area contributed by atoms with Gasteiger partial charge in [-0.2, -0.15) is 0 Å². The topological polar surface area (TPSA) is 37.6 Å². The highest BCUT2D eigenvalue weighted by atomic mass is 32.2. The predicted octanol–water partition coefficient (Wildman–Crippen LogP) is 4.90. The van der Waals surface area contributed by atoms with Crippen LogP contribution in [0.25, 0.3) is 5.65 Å². The molecule has 0 spiro atoms. The molecule has 0 aliphatic rings. The fourth-order valence-corrected chi connectivity index (χ4v) is 3.86. The average Bonchev–Trinajstić information content (AvgIpc) is 3.15. The molecular formula is C22H19N3OS. The zero-order valence-electron chi connectivity index (χ0n) is 14.9. The lowest BCUT2D eigenvalue weighted by Gasteiger charge is -2.19. The molecule has 0 aliphatic heterocycles. The number of para-hydroxylation sites is 1. The van der Waals surface area contributed by atoms with Crippen LogP contribution in [0.4, 0.5) is 5.69 Å². The van der Waals surface area contributed by atoms with Crippen molar-refractivity contribution in [2.75, 3.05) is 11.9 Å². The summed E-state index contributed by atoms with van der Waals surface area (Å²) in [5.74, 6) is 0.695. The Labute approximate surface area is 162 Å². The maximum absolute atomic E-state index is 13.0. The van der Waals surface area contributed by atoms with Gasteiger partial charge in [-0.3, -0.25) is 4.79 Å². The molecule has 0 aliphatic carbocycles. The smallest absolute Gasteiger partial charge is 0.259 e. The van der Waals surface area contributed by atoms with E-state index in [-0.39, 0.29) is 5.91 Å². The van der Waals surface area contributed by atoms with Crippen molar-refractivity contribution in [1.82, 2.24) is 9.38 Å². The largest absolute Gasteiger partial charge is 0.311 e. The Bertz CT molecular complexity index is 1040. The highest BCUT2D eigenvalue weighted by Gasteiger charge is 2.17. The minimum absolute atomic E-state index is 0.0145. The Hall–Kier alpha value is -3.05. The molecule has 4 aromatic rings. The third-order valence-electron chi connectivity index (χ3n) is 4.36. The second-order valence-electron chi connectivity index (χ2n) is 6.18. The van der Waals surface area contributed by atoms with Crippen LogP contribution in [0.15, 0.2) is 90.1 Å². The zero-order valence-corrected chi connectivity index (χ0v) is 15.8. The van der Waals surface area contributed by atoms with E-state index in [0.29, 0.717) is 11.3 Å². The molecule has 4 rings (SSSR count). The monoisotopic (exact) mass is 373 g/mol. The summed E-state index contributed by atoms with van der Waals surface area (Å²) in [7, 11) is 1.81. The van der Waals surface area contributed by atoms with E-state index in [0.717, 1.165) is 21.9 Å². The van der Waals surface area contributed by atoms with E-state index in [4.69, 9.17) is 0 Å². The van der Waals surface area contributed by atoms with Crippen molar-refractivity contribution in [3.8, 4) is 0 Å². The Morgan fingerprint density at radius 3 is 2.56 bits per heavy atom. The van der Waals surface area contributed by atoms with Crippen molar-refractivity contribution in [3.63, 3.8) is 0 Å². The number of thioether (sulfide) groups is 1. The normalized spacial score (nSPS) is 10.9. The third kappa shape index (κ3) is 3.73. The summed E-state index contributed by atoms with van der Waals surface area (Å²) in [6.45, 7) is 0. The number of hydrogen-bond acceptors (Lipinski definition) is 3. The number of imidazole rings is 1. The van der Waals surface area contributed by atoms with Crippen LogP contribution in [-0.2, 0) is 5.75 Å². The lowest BCUT2D eigenvalue weighted by atomic mass is 10.2. The van der Waals surface area contributed by atoms with Gasteiger partial charge in [0, 0.05) is 35.8 Å². The molecule has 2 aromatic carbocycles. The van der Waals surface area contributed by atoms with E-state index in [9.17, 15) is 4.79 Å². The van der Waals surface area contributed by atoms with Crippen LogP contribution in [0.2, 0.25) is 0 Å². The Balaban J connectivity index is 1.54. The maximum Gasteiger partial charge on any atom is 0.259 e. The van der Waals surface area contributed by atoms with Gasteiger partial charge in [0.1, 0.15) is 5.65 Å². The first kappa shape index (κ1) is 17.4. The maximum atomic E-state index is 13.0. The van der Waals surface area contributed by atoms with Gasteiger partial charge in [0.2, 0.25) is 0 Å². The number of pyridine rings is 1.